The number of carbonyl (C=O) groups excluding carboxylic acids is 1. The lowest BCUT2D eigenvalue weighted by molar-refractivity contribution is 0.0603. The van der Waals surface area contributed by atoms with E-state index >= 15 is 0 Å². The first-order valence-corrected chi connectivity index (χ1v) is 6.01. The number of phenols is 1. The first kappa shape index (κ1) is 11.9. The Kier molecular flexibility index (Phi) is 2.61. The van der Waals surface area contributed by atoms with Crippen LogP contribution in [0.3, 0.4) is 0 Å². The van der Waals surface area contributed by atoms with Crippen LogP contribution in [0.2, 0.25) is 5.02 Å². The number of carbonyl (C=O) groups is 1. The van der Waals surface area contributed by atoms with Gasteiger partial charge in [0.25, 0.3) is 0 Å². The molecule has 3 rings (SSSR count). The van der Waals surface area contributed by atoms with Crippen molar-refractivity contribution in [2.45, 2.75) is 0 Å². The second-order valence-corrected chi connectivity index (χ2v) is 4.53. The number of methoxy groups -OCH3 is 1. The number of aromatic hydroxyl groups is 1. The third kappa shape index (κ3) is 1.57. The molecule has 4 nitrogen and oxygen atoms in total. The Balaban J connectivity index is 2.53. The van der Waals surface area contributed by atoms with Gasteiger partial charge in [0, 0.05) is 22.4 Å². The van der Waals surface area contributed by atoms with Gasteiger partial charge in [0.2, 0.25) is 0 Å². The number of rotatable bonds is 1. The van der Waals surface area contributed by atoms with Crippen LogP contribution in [0.25, 0.3) is 21.7 Å². The molecule has 0 aliphatic rings. The van der Waals surface area contributed by atoms with Gasteiger partial charge in [-0.3, -0.25) is 0 Å². The van der Waals surface area contributed by atoms with E-state index < -0.39 is 5.97 Å². The number of aromatic nitrogens is 1. The summed E-state index contributed by atoms with van der Waals surface area (Å²) in [6.45, 7) is 0. The SMILES string of the molecule is COC(=O)c1c[nH]c2c1c(Cl)c(O)c1ccccc12. The van der Waals surface area contributed by atoms with Gasteiger partial charge in [0.1, 0.15) is 5.75 Å². The minimum absolute atomic E-state index is 0.0329. The van der Waals surface area contributed by atoms with E-state index in [0.29, 0.717) is 21.9 Å². The zero-order chi connectivity index (χ0) is 13.6. The number of hydrogen-bond acceptors (Lipinski definition) is 3. The van der Waals surface area contributed by atoms with Crippen molar-refractivity contribution in [1.82, 2.24) is 4.98 Å². The van der Waals surface area contributed by atoms with Crippen molar-refractivity contribution in [1.29, 1.82) is 0 Å². The molecule has 0 fully saturated rings. The number of aromatic amines is 1. The number of ether oxygens (including phenoxy) is 1. The van der Waals surface area contributed by atoms with Crippen molar-refractivity contribution in [2.24, 2.45) is 0 Å². The second kappa shape index (κ2) is 4.17. The van der Waals surface area contributed by atoms with E-state index in [2.05, 4.69) is 4.98 Å². The number of halogens is 1. The zero-order valence-electron chi connectivity index (χ0n) is 10.0. The highest BCUT2D eigenvalue weighted by atomic mass is 35.5. The van der Waals surface area contributed by atoms with E-state index in [1.165, 1.54) is 13.3 Å². The molecule has 0 atom stereocenters. The quantitative estimate of drug-likeness (QED) is 0.669. The molecule has 0 bridgehead atoms. The van der Waals surface area contributed by atoms with E-state index in [1.807, 2.05) is 18.2 Å². The van der Waals surface area contributed by atoms with Gasteiger partial charge in [-0.25, -0.2) is 4.79 Å². The first-order chi connectivity index (χ1) is 9.15. The molecule has 0 saturated carbocycles. The summed E-state index contributed by atoms with van der Waals surface area (Å²) in [7, 11) is 1.30. The first-order valence-electron chi connectivity index (χ1n) is 5.63. The van der Waals surface area contributed by atoms with Gasteiger partial charge in [-0.15, -0.1) is 0 Å². The maximum atomic E-state index is 11.7. The number of hydrogen-bond donors (Lipinski definition) is 2. The highest BCUT2D eigenvalue weighted by Gasteiger charge is 2.20. The van der Waals surface area contributed by atoms with Gasteiger partial charge in [-0.1, -0.05) is 35.9 Å². The summed E-state index contributed by atoms with van der Waals surface area (Å²) in [4.78, 5) is 14.7. The van der Waals surface area contributed by atoms with Crippen LogP contribution < -0.4 is 0 Å². The Labute approximate surface area is 113 Å². The summed E-state index contributed by atoms with van der Waals surface area (Å²) < 4.78 is 4.71. The van der Waals surface area contributed by atoms with Crippen LogP contribution in [0.1, 0.15) is 10.4 Å². The lowest BCUT2D eigenvalue weighted by Gasteiger charge is -2.07. The number of phenolic OH excluding ortho intramolecular Hbond substituents is 1. The smallest absolute Gasteiger partial charge is 0.340 e. The molecule has 0 saturated heterocycles. The van der Waals surface area contributed by atoms with Crippen molar-refractivity contribution in [3.8, 4) is 5.75 Å². The molecule has 5 heteroatoms. The molecule has 0 amide bonds. The average Bonchev–Trinajstić information content (AvgIpc) is 2.89. The predicted molar refractivity (Wildman–Crippen MR) is 73.8 cm³/mol. The van der Waals surface area contributed by atoms with Crippen LogP contribution in [-0.4, -0.2) is 23.2 Å². The van der Waals surface area contributed by atoms with Crippen molar-refractivity contribution >= 4 is 39.2 Å². The van der Waals surface area contributed by atoms with Crippen molar-refractivity contribution in [3.63, 3.8) is 0 Å². The molecule has 0 radical (unpaired) electrons. The Hall–Kier alpha value is -2.20. The lowest BCUT2D eigenvalue weighted by Crippen LogP contribution is -1.99. The molecule has 0 aliphatic heterocycles. The number of benzene rings is 2. The largest absolute Gasteiger partial charge is 0.506 e. The molecular formula is C14H10ClNO3. The normalized spacial score (nSPS) is 11.1. The van der Waals surface area contributed by atoms with Crippen LogP contribution in [0.5, 0.6) is 5.75 Å². The maximum absolute atomic E-state index is 11.7. The number of fused-ring (bicyclic) bond motifs is 3. The number of nitrogens with one attached hydrogen (secondary N) is 1. The number of H-pyrrole nitrogens is 1. The molecule has 96 valence electrons. The molecule has 1 heterocycles. The van der Waals surface area contributed by atoms with Gasteiger partial charge in [-0.2, -0.15) is 0 Å². The molecule has 2 N–H and O–H groups in total. The monoisotopic (exact) mass is 275 g/mol. The van der Waals surface area contributed by atoms with Gasteiger partial charge < -0.3 is 14.8 Å². The van der Waals surface area contributed by atoms with Crippen LogP contribution in [0, 0.1) is 0 Å². The average molecular weight is 276 g/mol. The van der Waals surface area contributed by atoms with Crippen LogP contribution >= 0.6 is 11.6 Å². The van der Waals surface area contributed by atoms with E-state index in [1.54, 1.807) is 6.07 Å². The molecule has 0 aliphatic carbocycles. The molecule has 3 aromatic rings. The summed E-state index contributed by atoms with van der Waals surface area (Å²) in [6.07, 6.45) is 1.54. The minimum atomic E-state index is -0.497. The molecule has 0 unspecified atom stereocenters. The summed E-state index contributed by atoms with van der Waals surface area (Å²) in [6, 6.07) is 7.29. The van der Waals surface area contributed by atoms with Crippen molar-refractivity contribution in [3.05, 3.63) is 41.0 Å². The van der Waals surface area contributed by atoms with E-state index in [4.69, 9.17) is 16.3 Å². The van der Waals surface area contributed by atoms with Gasteiger partial charge in [-0.05, 0) is 0 Å². The molecular weight excluding hydrogens is 266 g/mol. The minimum Gasteiger partial charge on any atom is -0.506 e. The Bertz CT molecular complexity index is 807. The Morgan fingerprint density at radius 3 is 2.68 bits per heavy atom. The fourth-order valence-electron chi connectivity index (χ4n) is 2.28. The van der Waals surface area contributed by atoms with E-state index in [9.17, 15) is 9.90 Å². The summed E-state index contributed by atoms with van der Waals surface area (Å²) in [5, 5.41) is 12.2. The molecule has 2 aromatic carbocycles. The lowest BCUT2D eigenvalue weighted by atomic mass is 10.0. The maximum Gasteiger partial charge on any atom is 0.340 e. The summed E-state index contributed by atoms with van der Waals surface area (Å²) in [5.74, 6) is -0.530. The number of esters is 1. The van der Waals surface area contributed by atoms with E-state index in [-0.39, 0.29) is 10.8 Å². The van der Waals surface area contributed by atoms with Crippen LogP contribution in [0.15, 0.2) is 30.5 Å². The van der Waals surface area contributed by atoms with Crippen molar-refractivity contribution in [2.75, 3.05) is 7.11 Å². The van der Waals surface area contributed by atoms with Gasteiger partial charge in [0.15, 0.2) is 0 Å². The standard InChI is InChI=1S/C14H10ClNO3/c1-19-14(18)9-6-16-12-7-4-2-3-5-8(7)13(17)11(15)10(9)12/h2-6,16-17H,1H3. The van der Waals surface area contributed by atoms with E-state index in [0.717, 1.165) is 5.39 Å². The fourth-order valence-corrected chi connectivity index (χ4v) is 2.58. The van der Waals surface area contributed by atoms with Gasteiger partial charge >= 0.3 is 5.97 Å². The van der Waals surface area contributed by atoms with Crippen LogP contribution in [0.4, 0.5) is 0 Å². The molecule has 19 heavy (non-hydrogen) atoms. The third-order valence-corrected chi connectivity index (χ3v) is 3.53. The zero-order valence-corrected chi connectivity index (χ0v) is 10.8. The second-order valence-electron chi connectivity index (χ2n) is 4.15. The third-order valence-electron chi connectivity index (χ3n) is 3.16. The van der Waals surface area contributed by atoms with Crippen molar-refractivity contribution < 1.29 is 14.6 Å². The predicted octanol–water partition coefficient (Wildman–Crippen LogP) is 3.47. The highest BCUT2D eigenvalue weighted by Crippen LogP contribution is 2.41. The topological polar surface area (TPSA) is 62.3 Å². The Morgan fingerprint density at radius 1 is 1.32 bits per heavy atom. The fraction of sp³-hybridized carbons (Fsp3) is 0.0714. The van der Waals surface area contributed by atoms with Gasteiger partial charge in [0.05, 0.1) is 23.2 Å². The van der Waals surface area contributed by atoms with Crippen LogP contribution in [-0.2, 0) is 4.74 Å². The summed E-state index contributed by atoms with van der Waals surface area (Å²) in [5.41, 5.74) is 1.02. The molecule has 0 spiro atoms. The Morgan fingerprint density at radius 2 is 2.00 bits per heavy atom. The highest BCUT2D eigenvalue weighted by molar-refractivity contribution is 6.40. The summed E-state index contributed by atoms with van der Waals surface area (Å²) >= 11 is 6.17. The molecule has 1 aromatic heterocycles.